The van der Waals surface area contributed by atoms with Crippen LogP contribution >= 0.6 is 0 Å². The van der Waals surface area contributed by atoms with E-state index in [9.17, 15) is 14.9 Å². The van der Waals surface area contributed by atoms with E-state index in [0.717, 1.165) is 5.69 Å². The van der Waals surface area contributed by atoms with Crippen LogP contribution in [0.25, 0.3) is 0 Å². The zero-order chi connectivity index (χ0) is 16.8. The van der Waals surface area contributed by atoms with Gasteiger partial charge in [0.15, 0.2) is 5.82 Å². The monoisotopic (exact) mass is 319 g/mol. The van der Waals surface area contributed by atoms with Crippen molar-refractivity contribution < 1.29 is 14.5 Å². The first kappa shape index (κ1) is 16.4. The first-order chi connectivity index (χ1) is 11.0. The van der Waals surface area contributed by atoms with Crippen LogP contribution in [0.2, 0.25) is 0 Å². The number of aryl methyl sites for hydroxylation is 1. The molecule has 0 spiro atoms. The number of anilines is 2. The zero-order valence-corrected chi connectivity index (χ0v) is 12.8. The van der Waals surface area contributed by atoms with Crippen LogP contribution in [0, 0.1) is 17.0 Å². The summed E-state index contributed by atoms with van der Waals surface area (Å²) in [5, 5.41) is 23.2. The fourth-order valence-electron chi connectivity index (χ4n) is 1.93. The van der Waals surface area contributed by atoms with E-state index in [2.05, 4.69) is 20.8 Å². The van der Waals surface area contributed by atoms with Gasteiger partial charge in [0.25, 0.3) is 11.6 Å². The van der Waals surface area contributed by atoms with Gasteiger partial charge in [-0.1, -0.05) is 0 Å². The first-order valence-electron chi connectivity index (χ1n) is 6.86. The van der Waals surface area contributed by atoms with Crippen molar-refractivity contribution in [3.8, 4) is 0 Å². The molecule has 23 heavy (non-hydrogen) atoms. The van der Waals surface area contributed by atoms with Crippen LogP contribution in [-0.4, -0.2) is 41.3 Å². The summed E-state index contributed by atoms with van der Waals surface area (Å²) < 4.78 is 4.89. The molecule has 0 radical (unpaired) electrons. The van der Waals surface area contributed by atoms with Gasteiger partial charge >= 0.3 is 0 Å². The van der Waals surface area contributed by atoms with E-state index in [-0.39, 0.29) is 11.3 Å². The minimum absolute atomic E-state index is 0.174. The molecule has 0 saturated heterocycles. The van der Waals surface area contributed by atoms with Crippen molar-refractivity contribution in [3.05, 3.63) is 45.6 Å². The predicted molar refractivity (Wildman–Crippen MR) is 84.7 cm³/mol. The summed E-state index contributed by atoms with van der Waals surface area (Å²) in [5.74, 6) is -0.111. The van der Waals surface area contributed by atoms with Gasteiger partial charge in [-0.05, 0) is 19.1 Å². The number of hydrogen-bond donors (Lipinski definition) is 3. The van der Waals surface area contributed by atoms with Crippen LogP contribution in [0.5, 0.6) is 0 Å². The second kappa shape index (κ2) is 7.36. The molecule has 0 fully saturated rings. The molecule has 1 heterocycles. The molecule has 0 saturated carbocycles. The van der Waals surface area contributed by atoms with Crippen molar-refractivity contribution in [3.63, 3.8) is 0 Å². The Labute approximate surface area is 132 Å². The molecule has 122 valence electrons. The highest BCUT2D eigenvalue weighted by Crippen LogP contribution is 2.25. The molecular weight excluding hydrogens is 302 g/mol. The van der Waals surface area contributed by atoms with Crippen LogP contribution in [-0.2, 0) is 4.74 Å². The molecule has 2 aromatic rings. The third kappa shape index (κ3) is 4.27. The van der Waals surface area contributed by atoms with Crippen molar-refractivity contribution in [1.82, 2.24) is 10.2 Å². The van der Waals surface area contributed by atoms with E-state index in [0.29, 0.717) is 24.7 Å². The summed E-state index contributed by atoms with van der Waals surface area (Å²) in [6.45, 7) is 2.64. The third-order valence-electron chi connectivity index (χ3n) is 3.03. The SMILES string of the molecule is COCCNc1ccc(C(=O)Nc2cc(C)[nH]n2)cc1[N+](=O)[O-]. The van der Waals surface area contributed by atoms with Gasteiger partial charge in [0, 0.05) is 37.0 Å². The number of methoxy groups -OCH3 is 1. The number of amides is 1. The molecule has 0 aliphatic carbocycles. The number of aromatic amines is 1. The lowest BCUT2D eigenvalue weighted by Gasteiger charge is -2.08. The molecule has 0 atom stereocenters. The molecule has 1 amide bonds. The Hall–Kier alpha value is -2.94. The van der Waals surface area contributed by atoms with Crippen LogP contribution in [0.4, 0.5) is 17.2 Å². The Morgan fingerprint density at radius 1 is 1.43 bits per heavy atom. The molecular formula is C14H17N5O4. The highest BCUT2D eigenvalue weighted by atomic mass is 16.6. The van der Waals surface area contributed by atoms with E-state index < -0.39 is 10.8 Å². The lowest BCUT2D eigenvalue weighted by Crippen LogP contribution is -2.14. The quantitative estimate of drug-likeness (QED) is 0.407. The fourth-order valence-corrected chi connectivity index (χ4v) is 1.93. The molecule has 1 aromatic heterocycles. The topological polar surface area (TPSA) is 122 Å². The number of carbonyl (C=O) groups is 1. The average molecular weight is 319 g/mol. The van der Waals surface area contributed by atoms with E-state index in [1.807, 2.05) is 0 Å². The maximum absolute atomic E-state index is 12.1. The van der Waals surface area contributed by atoms with Crippen molar-refractivity contribution >= 4 is 23.1 Å². The smallest absolute Gasteiger partial charge is 0.293 e. The molecule has 0 bridgehead atoms. The molecule has 0 aliphatic rings. The number of nitro groups is 1. The molecule has 1 aromatic carbocycles. The highest BCUT2D eigenvalue weighted by molar-refractivity contribution is 6.04. The second-order valence-electron chi connectivity index (χ2n) is 4.80. The van der Waals surface area contributed by atoms with Gasteiger partial charge in [0.2, 0.25) is 0 Å². The normalized spacial score (nSPS) is 10.3. The van der Waals surface area contributed by atoms with Gasteiger partial charge in [-0.15, -0.1) is 0 Å². The van der Waals surface area contributed by atoms with Gasteiger partial charge in [-0.25, -0.2) is 0 Å². The largest absolute Gasteiger partial charge is 0.383 e. The molecule has 9 nitrogen and oxygen atoms in total. The van der Waals surface area contributed by atoms with Crippen LogP contribution in [0.1, 0.15) is 16.1 Å². The average Bonchev–Trinajstić information content (AvgIpc) is 2.92. The Kier molecular flexibility index (Phi) is 5.26. The Bertz CT molecular complexity index is 713. The number of carbonyl (C=O) groups excluding carboxylic acids is 1. The summed E-state index contributed by atoms with van der Waals surface area (Å²) in [6.07, 6.45) is 0. The van der Waals surface area contributed by atoms with Gasteiger partial charge in [-0.2, -0.15) is 5.10 Å². The highest BCUT2D eigenvalue weighted by Gasteiger charge is 2.18. The third-order valence-corrected chi connectivity index (χ3v) is 3.03. The van der Waals surface area contributed by atoms with Crippen molar-refractivity contribution in [2.75, 3.05) is 30.9 Å². The number of hydrogen-bond acceptors (Lipinski definition) is 6. The van der Waals surface area contributed by atoms with Crippen molar-refractivity contribution in [2.24, 2.45) is 0 Å². The first-order valence-corrected chi connectivity index (χ1v) is 6.86. The summed E-state index contributed by atoms with van der Waals surface area (Å²) in [7, 11) is 1.54. The maximum Gasteiger partial charge on any atom is 0.293 e. The number of rotatable bonds is 7. The molecule has 3 N–H and O–H groups in total. The minimum atomic E-state index is -0.537. The summed E-state index contributed by atoms with van der Waals surface area (Å²) in [4.78, 5) is 22.8. The van der Waals surface area contributed by atoms with Crippen LogP contribution in [0.3, 0.4) is 0 Å². The standard InChI is InChI=1S/C14H17N5O4/c1-9-7-13(18-17-9)16-14(20)10-3-4-11(15-5-6-23-2)12(8-10)19(21)22/h3-4,7-8,15H,5-6H2,1-2H3,(H2,16,17,18,20). The van der Waals surface area contributed by atoms with E-state index in [1.165, 1.54) is 18.2 Å². The zero-order valence-electron chi connectivity index (χ0n) is 12.8. The minimum Gasteiger partial charge on any atom is -0.383 e. The van der Waals surface area contributed by atoms with E-state index >= 15 is 0 Å². The Morgan fingerprint density at radius 2 is 2.22 bits per heavy atom. The van der Waals surface area contributed by atoms with E-state index in [1.54, 1.807) is 20.1 Å². The number of ether oxygens (including phenoxy) is 1. The van der Waals surface area contributed by atoms with Gasteiger partial charge in [-0.3, -0.25) is 20.0 Å². The number of nitrogens with zero attached hydrogens (tertiary/aromatic N) is 2. The molecule has 2 rings (SSSR count). The fraction of sp³-hybridized carbons (Fsp3) is 0.286. The maximum atomic E-state index is 12.1. The number of nitro benzene ring substituents is 1. The summed E-state index contributed by atoms with van der Waals surface area (Å²) in [5.41, 5.74) is 1.13. The summed E-state index contributed by atoms with van der Waals surface area (Å²) >= 11 is 0. The van der Waals surface area contributed by atoms with Gasteiger partial charge < -0.3 is 15.4 Å². The summed E-state index contributed by atoms with van der Waals surface area (Å²) in [6, 6.07) is 5.90. The van der Waals surface area contributed by atoms with Crippen molar-refractivity contribution in [1.29, 1.82) is 0 Å². The van der Waals surface area contributed by atoms with E-state index in [4.69, 9.17) is 4.74 Å². The number of aromatic nitrogens is 2. The predicted octanol–water partition coefficient (Wildman–Crippen LogP) is 1.94. The number of H-pyrrole nitrogens is 1. The molecule has 0 aliphatic heterocycles. The lowest BCUT2D eigenvalue weighted by atomic mass is 10.1. The molecule has 0 unspecified atom stereocenters. The van der Waals surface area contributed by atoms with Crippen LogP contribution < -0.4 is 10.6 Å². The number of nitrogens with one attached hydrogen (secondary N) is 3. The Balaban J connectivity index is 2.17. The molecule has 9 heteroatoms. The van der Waals surface area contributed by atoms with Crippen LogP contribution in [0.15, 0.2) is 24.3 Å². The Morgan fingerprint density at radius 3 is 2.83 bits per heavy atom. The van der Waals surface area contributed by atoms with Gasteiger partial charge in [0.05, 0.1) is 11.5 Å². The van der Waals surface area contributed by atoms with Crippen molar-refractivity contribution in [2.45, 2.75) is 6.92 Å². The second-order valence-corrected chi connectivity index (χ2v) is 4.80. The number of benzene rings is 1. The lowest BCUT2D eigenvalue weighted by molar-refractivity contribution is -0.384. The van der Waals surface area contributed by atoms with Gasteiger partial charge in [0.1, 0.15) is 5.69 Å².